The number of methoxy groups -OCH3 is 1. The first kappa shape index (κ1) is 15.3. The molecule has 2 rings (SSSR count). The topological polar surface area (TPSA) is 60.4 Å². The molecule has 0 spiro atoms. The highest BCUT2D eigenvalue weighted by molar-refractivity contribution is 7.90. The number of carbonyl (C=O) groups is 1. The fourth-order valence-electron chi connectivity index (χ4n) is 2.29. The highest BCUT2D eigenvalue weighted by Gasteiger charge is 2.21. The second-order valence-electron chi connectivity index (χ2n) is 4.74. The average molecular weight is 304 g/mol. The van der Waals surface area contributed by atoms with Gasteiger partial charge in [-0.2, -0.15) is 0 Å². The second kappa shape index (κ2) is 5.69. The molecule has 21 heavy (non-hydrogen) atoms. The molecule has 0 radical (unpaired) electrons. The van der Waals surface area contributed by atoms with Gasteiger partial charge in [0.15, 0.2) is 9.84 Å². The Labute approximate surface area is 124 Å². The fourth-order valence-corrected chi connectivity index (χ4v) is 3.25. The lowest BCUT2D eigenvalue weighted by molar-refractivity contribution is 0.0600. The number of sulfone groups is 1. The van der Waals surface area contributed by atoms with E-state index in [1.165, 1.54) is 19.2 Å². The first-order valence-corrected chi connectivity index (χ1v) is 8.22. The minimum Gasteiger partial charge on any atom is -0.465 e. The predicted molar refractivity (Wildman–Crippen MR) is 81.1 cm³/mol. The van der Waals surface area contributed by atoms with Crippen LogP contribution in [0.15, 0.2) is 47.4 Å². The van der Waals surface area contributed by atoms with Crippen molar-refractivity contribution in [2.75, 3.05) is 13.4 Å². The van der Waals surface area contributed by atoms with E-state index < -0.39 is 15.8 Å². The number of hydrogen-bond donors (Lipinski definition) is 0. The monoisotopic (exact) mass is 304 g/mol. The second-order valence-corrected chi connectivity index (χ2v) is 6.73. The number of benzene rings is 2. The molecule has 0 aliphatic rings. The molecule has 0 aliphatic carbocycles. The summed E-state index contributed by atoms with van der Waals surface area (Å²) in [6, 6.07) is 12.1. The molecular formula is C16H16O4S. The SMILES string of the molecule is COC(=O)c1ccc(S(C)(=O)=O)c(-c2ccccc2)c1C. The summed E-state index contributed by atoms with van der Waals surface area (Å²) in [4.78, 5) is 12.0. The Bertz CT molecular complexity index is 777. The Balaban J connectivity index is 2.83. The molecule has 5 heteroatoms. The van der Waals surface area contributed by atoms with Crippen LogP contribution in [0, 0.1) is 6.92 Å². The molecule has 0 unspecified atom stereocenters. The summed E-state index contributed by atoms with van der Waals surface area (Å²) in [5, 5.41) is 0. The Morgan fingerprint density at radius 2 is 1.67 bits per heavy atom. The van der Waals surface area contributed by atoms with Crippen LogP contribution >= 0.6 is 0 Å². The van der Waals surface area contributed by atoms with Crippen molar-refractivity contribution in [1.82, 2.24) is 0 Å². The van der Waals surface area contributed by atoms with Gasteiger partial charge in [-0.05, 0) is 30.2 Å². The van der Waals surface area contributed by atoms with Gasteiger partial charge in [-0.3, -0.25) is 0 Å². The summed E-state index contributed by atoms with van der Waals surface area (Å²) in [6.45, 7) is 1.73. The maximum Gasteiger partial charge on any atom is 0.338 e. The van der Waals surface area contributed by atoms with E-state index in [2.05, 4.69) is 0 Å². The van der Waals surface area contributed by atoms with E-state index in [-0.39, 0.29) is 4.90 Å². The van der Waals surface area contributed by atoms with Crippen molar-refractivity contribution in [2.45, 2.75) is 11.8 Å². The van der Waals surface area contributed by atoms with Gasteiger partial charge in [-0.1, -0.05) is 30.3 Å². The van der Waals surface area contributed by atoms with E-state index >= 15 is 0 Å². The molecule has 0 aromatic heterocycles. The van der Waals surface area contributed by atoms with Crippen molar-refractivity contribution in [2.24, 2.45) is 0 Å². The Morgan fingerprint density at radius 1 is 1.05 bits per heavy atom. The largest absolute Gasteiger partial charge is 0.465 e. The standard InChI is InChI=1S/C16H16O4S/c1-11-13(16(17)20-2)9-10-14(21(3,18)19)15(11)12-7-5-4-6-8-12/h4-10H,1-3H3. The van der Waals surface area contributed by atoms with Crippen LogP contribution in [0.2, 0.25) is 0 Å². The maximum absolute atomic E-state index is 12.0. The van der Waals surface area contributed by atoms with Crippen molar-refractivity contribution in [1.29, 1.82) is 0 Å². The van der Waals surface area contributed by atoms with Crippen molar-refractivity contribution in [3.63, 3.8) is 0 Å². The van der Waals surface area contributed by atoms with Crippen molar-refractivity contribution < 1.29 is 17.9 Å². The van der Waals surface area contributed by atoms with Gasteiger partial charge < -0.3 is 4.74 Å². The highest BCUT2D eigenvalue weighted by atomic mass is 32.2. The number of rotatable bonds is 3. The number of hydrogen-bond acceptors (Lipinski definition) is 4. The number of esters is 1. The maximum atomic E-state index is 12.0. The Morgan fingerprint density at radius 3 is 2.19 bits per heavy atom. The van der Waals surface area contributed by atoms with Crippen LogP contribution in [0.5, 0.6) is 0 Å². The molecular weight excluding hydrogens is 288 g/mol. The summed E-state index contributed by atoms with van der Waals surface area (Å²) in [5.41, 5.74) is 2.25. The number of carbonyl (C=O) groups excluding carboxylic acids is 1. The van der Waals surface area contributed by atoms with Crippen molar-refractivity contribution in [3.8, 4) is 11.1 Å². The first-order chi connectivity index (χ1) is 9.86. The van der Waals surface area contributed by atoms with Crippen LogP contribution in [0.1, 0.15) is 15.9 Å². The van der Waals surface area contributed by atoms with Gasteiger partial charge in [0.2, 0.25) is 0 Å². The summed E-state index contributed by atoms with van der Waals surface area (Å²) < 4.78 is 28.8. The summed E-state index contributed by atoms with van der Waals surface area (Å²) in [6.07, 6.45) is 1.16. The lowest BCUT2D eigenvalue weighted by atomic mass is 9.96. The normalized spacial score (nSPS) is 11.2. The van der Waals surface area contributed by atoms with Crippen molar-refractivity contribution in [3.05, 3.63) is 53.6 Å². The quantitative estimate of drug-likeness (QED) is 0.818. The minimum absolute atomic E-state index is 0.207. The molecule has 4 nitrogen and oxygen atoms in total. The summed E-state index contributed by atoms with van der Waals surface area (Å²) >= 11 is 0. The third-order valence-electron chi connectivity index (χ3n) is 3.29. The molecule has 110 valence electrons. The molecule has 0 saturated heterocycles. The predicted octanol–water partition coefficient (Wildman–Crippen LogP) is 2.85. The zero-order valence-electron chi connectivity index (χ0n) is 12.1. The number of ether oxygens (including phenoxy) is 1. The van der Waals surface area contributed by atoms with Crippen LogP contribution in [-0.2, 0) is 14.6 Å². The van der Waals surface area contributed by atoms with Gasteiger partial charge in [0.1, 0.15) is 0 Å². The fraction of sp³-hybridized carbons (Fsp3) is 0.188. The van der Waals surface area contributed by atoms with E-state index in [0.717, 1.165) is 11.8 Å². The lowest BCUT2D eigenvalue weighted by Gasteiger charge is -2.14. The van der Waals surface area contributed by atoms with Crippen LogP contribution in [0.4, 0.5) is 0 Å². The van der Waals surface area contributed by atoms with E-state index in [4.69, 9.17) is 4.74 Å². The molecule has 2 aromatic rings. The van der Waals surface area contributed by atoms with E-state index in [1.807, 2.05) is 30.3 Å². The third kappa shape index (κ3) is 2.97. The van der Waals surface area contributed by atoms with E-state index in [0.29, 0.717) is 16.7 Å². The van der Waals surface area contributed by atoms with Crippen LogP contribution in [-0.4, -0.2) is 27.8 Å². The highest BCUT2D eigenvalue weighted by Crippen LogP contribution is 2.32. The molecule has 0 amide bonds. The first-order valence-electron chi connectivity index (χ1n) is 6.33. The smallest absolute Gasteiger partial charge is 0.338 e. The Kier molecular flexibility index (Phi) is 4.14. The zero-order valence-corrected chi connectivity index (χ0v) is 12.9. The van der Waals surface area contributed by atoms with Crippen LogP contribution in [0.25, 0.3) is 11.1 Å². The van der Waals surface area contributed by atoms with Crippen molar-refractivity contribution >= 4 is 15.8 Å². The average Bonchev–Trinajstić information content (AvgIpc) is 2.46. The Hall–Kier alpha value is -2.14. The molecule has 0 N–H and O–H groups in total. The summed E-state index contributed by atoms with van der Waals surface area (Å²) in [7, 11) is -2.11. The van der Waals surface area contributed by atoms with Gasteiger partial charge in [-0.15, -0.1) is 0 Å². The van der Waals surface area contributed by atoms with Crippen LogP contribution in [0.3, 0.4) is 0 Å². The van der Waals surface area contributed by atoms with Gasteiger partial charge >= 0.3 is 5.97 Å². The molecule has 0 saturated carbocycles. The molecule has 0 fully saturated rings. The van der Waals surface area contributed by atoms with E-state index in [9.17, 15) is 13.2 Å². The molecule has 0 atom stereocenters. The third-order valence-corrected chi connectivity index (χ3v) is 4.43. The van der Waals surface area contributed by atoms with Gasteiger partial charge in [-0.25, -0.2) is 13.2 Å². The molecule has 0 heterocycles. The van der Waals surface area contributed by atoms with Gasteiger partial charge in [0, 0.05) is 11.8 Å². The molecule has 0 bridgehead atoms. The summed E-state index contributed by atoms with van der Waals surface area (Å²) in [5.74, 6) is -0.482. The van der Waals surface area contributed by atoms with Gasteiger partial charge in [0.05, 0.1) is 17.6 Å². The zero-order chi connectivity index (χ0) is 15.6. The van der Waals surface area contributed by atoms with Crippen LogP contribution < -0.4 is 0 Å². The molecule has 0 aliphatic heterocycles. The van der Waals surface area contributed by atoms with Gasteiger partial charge in [0.25, 0.3) is 0 Å². The minimum atomic E-state index is -3.41. The molecule has 2 aromatic carbocycles. The van der Waals surface area contributed by atoms with E-state index in [1.54, 1.807) is 6.92 Å². The lowest BCUT2D eigenvalue weighted by Crippen LogP contribution is -2.08.